The van der Waals surface area contributed by atoms with Gasteiger partial charge in [0.05, 0.1) is 28.2 Å². The van der Waals surface area contributed by atoms with Crippen molar-refractivity contribution in [1.29, 1.82) is 0 Å². The molecule has 0 spiro atoms. The highest BCUT2D eigenvalue weighted by atomic mass is 16.1. The lowest BCUT2D eigenvalue weighted by molar-refractivity contribution is 0.102. The number of aryl methyl sites for hydroxylation is 1. The van der Waals surface area contributed by atoms with E-state index in [4.69, 9.17) is 0 Å². The molecule has 5 aromatic rings. The van der Waals surface area contributed by atoms with Gasteiger partial charge in [-0.25, -0.2) is 9.67 Å². The zero-order chi connectivity index (χ0) is 20.7. The molecular weight excluding hydrogens is 372 g/mol. The Kier molecular flexibility index (Phi) is 4.29. The zero-order valence-electron chi connectivity index (χ0n) is 16.8. The molecule has 0 aliphatic rings. The first-order valence-electron chi connectivity index (χ1n) is 9.83. The van der Waals surface area contributed by atoms with Crippen LogP contribution in [0.15, 0.2) is 78.9 Å². The molecule has 0 saturated heterocycles. The first kappa shape index (κ1) is 18.1. The number of fused-ring (bicyclic) bond motifs is 2. The van der Waals surface area contributed by atoms with Gasteiger partial charge in [-0.05, 0) is 43.5 Å². The SMILES string of the molecule is Cc1nn(-c2cccc3ccccc23)c(C)c1C(=O)Nc1ccc2ccccc2n1. The number of rotatable bonds is 3. The summed E-state index contributed by atoms with van der Waals surface area (Å²) in [5.41, 5.74) is 3.84. The van der Waals surface area contributed by atoms with Crippen LogP contribution in [0.4, 0.5) is 5.82 Å². The van der Waals surface area contributed by atoms with Gasteiger partial charge in [0.2, 0.25) is 0 Å². The number of hydrogen-bond acceptors (Lipinski definition) is 3. The molecule has 2 aromatic heterocycles. The molecule has 0 unspecified atom stereocenters. The molecule has 146 valence electrons. The molecule has 0 saturated carbocycles. The summed E-state index contributed by atoms with van der Waals surface area (Å²) in [6.07, 6.45) is 0. The number of aromatic nitrogens is 3. The third-order valence-electron chi connectivity index (χ3n) is 5.35. The Bertz CT molecular complexity index is 1410. The molecule has 3 aromatic carbocycles. The largest absolute Gasteiger partial charge is 0.306 e. The second-order valence-corrected chi connectivity index (χ2v) is 7.30. The molecule has 5 heteroatoms. The molecule has 0 radical (unpaired) electrons. The third-order valence-corrected chi connectivity index (χ3v) is 5.35. The summed E-state index contributed by atoms with van der Waals surface area (Å²) in [6, 6.07) is 25.9. The molecule has 0 aliphatic carbocycles. The van der Waals surface area contributed by atoms with E-state index in [2.05, 4.69) is 33.6 Å². The Morgan fingerprint density at radius 1 is 0.833 bits per heavy atom. The average Bonchev–Trinajstić information content (AvgIpc) is 3.07. The Hall–Kier alpha value is -3.99. The van der Waals surface area contributed by atoms with E-state index >= 15 is 0 Å². The van der Waals surface area contributed by atoms with Crippen LogP contribution in [0.1, 0.15) is 21.7 Å². The Labute approximate surface area is 174 Å². The first-order valence-corrected chi connectivity index (χ1v) is 9.83. The quantitative estimate of drug-likeness (QED) is 0.445. The first-order chi connectivity index (χ1) is 14.6. The monoisotopic (exact) mass is 392 g/mol. The van der Waals surface area contributed by atoms with Gasteiger partial charge in [-0.2, -0.15) is 5.10 Å². The van der Waals surface area contributed by atoms with Crippen LogP contribution in [-0.2, 0) is 0 Å². The van der Waals surface area contributed by atoms with Crippen molar-refractivity contribution in [3.8, 4) is 5.69 Å². The average molecular weight is 392 g/mol. The highest BCUT2D eigenvalue weighted by molar-refractivity contribution is 6.06. The van der Waals surface area contributed by atoms with Crippen molar-refractivity contribution in [3.05, 3.63) is 95.8 Å². The summed E-state index contributed by atoms with van der Waals surface area (Å²) in [7, 11) is 0. The van der Waals surface area contributed by atoms with E-state index < -0.39 is 0 Å². The fraction of sp³-hybridized carbons (Fsp3) is 0.0800. The fourth-order valence-electron chi connectivity index (χ4n) is 3.91. The van der Waals surface area contributed by atoms with Gasteiger partial charge in [-0.1, -0.05) is 54.6 Å². The highest BCUT2D eigenvalue weighted by Gasteiger charge is 2.20. The van der Waals surface area contributed by atoms with Gasteiger partial charge in [0.25, 0.3) is 5.91 Å². The minimum Gasteiger partial charge on any atom is -0.306 e. The van der Waals surface area contributed by atoms with E-state index in [0.717, 1.165) is 33.1 Å². The smallest absolute Gasteiger partial charge is 0.260 e. The summed E-state index contributed by atoms with van der Waals surface area (Å²) in [6.45, 7) is 3.78. The maximum Gasteiger partial charge on any atom is 0.260 e. The van der Waals surface area contributed by atoms with Gasteiger partial charge >= 0.3 is 0 Å². The molecule has 30 heavy (non-hydrogen) atoms. The van der Waals surface area contributed by atoms with Crippen molar-refractivity contribution in [1.82, 2.24) is 14.8 Å². The van der Waals surface area contributed by atoms with Crippen LogP contribution in [0.25, 0.3) is 27.4 Å². The Morgan fingerprint density at radius 2 is 1.57 bits per heavy atom. The Balaban J connectivity index is 1.53. The van der Waals surface area contributed by atoms with E-state index in [1.165, 1.54) is 0 Å². The molecule has 5 rings (SSSR count). The van der Waals surface area contributed by atoms with Crippen LogP contribution in [0, 0.1) is 13.8 Å². The van der Waals surface area contributed by atoms with Crippen LogP contribution >= 0.6 is 0 Å². The van der Waals surface area contributed by atoms with E-state index in [1.807, 2.05) is 79.2 Å². The lowest BCUT2D eigenvalue weighted by Gasteiger charge is -2.09. The van der Waals surface area contributed by atoms with E-state index in [1.54, 1.807) is 0 Å². The molecule has 0 bridgehead atoms. The fourth-order valence-corrected chi connectivity index (χ4v) is 3.91. The van der Waals surface area contributed by atoms with Gasteiger partial charge in [-0.3, -0.25) is 4.79 Å². The number of para-hydroxylation sites is 1. The normalized spacial score (nSPS) is 11.1. The number of benzene rings is 3. The van der Waals surface area contributed by atoms with E-state index in [9.17, 15) is 4.79 Å². The van der Waals surface area contributed by atoms with Crippen molar-refractivity contribution in [2.24, 2.45) is 0 Å². The van der Waals surface area contributed by atoms with Crippen LogP contribution in [-0.4, -0.2) is 20.7 Å². The van der Waals surface area contributed by atoms with Crippen LogP contribution < -0.4 is 5.32 Å². The van der Waals surface area contributed by atoms with Gasteiger partial charge < -0.3 is 5.32 Å². The second-order valence-electron chi connectivity index (χ2n) is 7.30. The summed E-state index contributed by atoms with van der Waals surface area (Å²) < 4.78 is 1.85. The van der Waals surface area contributed by atoms with E-state index in [0.29, 0.717) is 17.1 Å². The number of anilines is 1. The molecule has 0 aliphatic heterocycles. The number of pyridine rings is 1. The minimum absolute atomic E-state index is 0.209. The number of amides is 1. The van der Waals surface area contributed by atoms with E-state index in [-0.39, 0.29) is 5.91 Å². The van der Waals surface area contributed by atoms with Crippen molar-refractivity contribution in [2.45, 2.75) is 13.8 Å². The summed E-state index contributed by atoms with van der Waals surface area (Å²) in [5, 5.41) is 10.9. The highest BCUT2D eigenvalue weighted by Crippen LogP contribution is 2.26. The molecule has 5 nitrogen and oxygen atoms in total. The molecular formula is C25H20N4O. The predicted molar refractivity (Wildman–Crippen MR) is 120 cm³/mol. The van der Waals surface area contributed by atoms with Crippen LogP contribution in [0.3, 0.4) is 0 Å². The molecule has 1 amide bonds. The maximum atomic E-state index is 13.1. The molecule has 0 fully saturated rings. The summed E-state index contributed by atoms with van der Waals surface area (Å²) in [5.74, 6) is 0.315. The number of nitrogens with one attached hydrogen (secondary N) is 1. The topological polar surface area (TPSA) is 59.8 Å². The standard InChI is InChI=1S/C25H20N4O/c1-16-24(25(30)27-23-15-14-19-9-4-6-12-21(19)26-23)17(2)29(28-16)22-13-7-10-18-8-3-5-11-20(18)22/h3-15H,1-2H3,(H,26,27,30). The Morgan fingerprint density at radius 3 is 2.43 bits per heavy atom. The van der Waals surface area contributed by atoms with Gasteiger partial charge in [-0.15, -0.1) is 0 Å². The van der Waals surface area contributed by atoms with Crippen molar-refractivity contribution < 1.29 is 4.79 Å². The maximum absolute atomic E-state index is 13.1. The second kappa shape index (κ2) is 7.12. The zero-order valence-corrected chi connectivity index (χ0v) is 16.8. The van der Waals surface area contributed by atoms with Gasteiger partial charge in [0.15, 0.2) is 0 Å². The van der Waals surface area contributed by atoms with Crippen molar-refractivity contribution in [3.63, 3.8) is 0 Å². The van der Waals surface area contributed by atoms with Crippen LogP contribution in [0.2, 0.25) is 0 Å². The van der Waals surface area contributed by atoms with Crippen molar-refractivity contribution >= 4 is 33.4 Å². The van der Waals surface area contributed by atoms with Gasteiger partial charge in [0, 0.05) is 10.8 Å². The summed E-state index contributed by atoms with van der Waals surface area (Å²) >= 11 is 0. The summed E-state index contributed by atoms with van der Waals surface area (Å²) in [4.78, 5) is 17.6. The number of carbonyl (C=O) groups excluding carboxylic acids is 1. The lowest BCUT2D eigenvalue weighted by atomic mass is 10.1. The predicted octanol–water partition coefficient (Wildman–Crippen LogP) is 5.44. The number of nitrogens with zero attached hydrogens (tertiary/aromatic N) is 3. The molecule has 0 atom stereocenters. The molecule has 2 heterocycles. The van der Waals surface area contributed by atoms with Crippen molar-refractivity contribution in [2.75, 3.05) is 5.32 Å². The number of carbonyl (C=O) groups is 1. The lowest BCUT2D eigenvalue weighted by Crippen LogP contribution is -2.15. The molecule has 1 N–H and O–H groups in total. The third kappa shape index (κ3) is 3.01. The van der Waals surface area contributed by atoms with Crippen LogP contribution in [0.5, 0.6) is 0 Å². The van der Waals surface area contributed by atoms with Gasteiger partial charge in [0.1, 0.15) is 5.82 Å². The minimum atomic E-state index is -0.209. The number of hydrogen-bond donors (Lipinski definition) is 1.